The van der Waals surface area contributed by atoms with Crippen LogP contribution in [-0.4, -0.2) is 16.6 Å². The van der Waals surface area contributed by atoms with Crippen molar-refractivity contribution in [2.45, 2.75) is 13.3 Å². The number of ether oxygens (including phenoxy) is 1. The van der Waals surface area contributed by atoms with Crippen LogP contribution in [0.1, 0.15) is 23.7 Å². The lowest BCUT2D eigenvalue weighted by Gasteiger charge is -2.02. The molecule has 0 spiro atoms. The Labute approximate surface area is 106 Å². The Bertz CT molecular complexity index is 591. The van der Waals surface area contributed by atoms with Crippen molar-refractivity contribution in [1.82, 2.24) is 9.97 Å². The number of allylic oxidation sites excluding steroid dienone is 1. The van der Waals surface area contributed by atoms with Crippen molar-refractivity contribution in [2.75, 3.05) is 6.61 Å². The first kappa shape index (κ1) is 11.0. The Morgan fingerprint density at radius 1 is 1.33 bits per heavy atom. The minimum Gasteiger partial charge on any atom is -0.493 e. The van der Waals surface area contributed by atoms with Crippen LogP contribution < -0.4 is 4.74 Å². The van der Waals surface area contributed by atoms with Gasteiger partial charge in [0, 0.05) is 18.8 Å². The van der Waals surface area contributed by atoms with Crippen molar-refractivity contribution >= 4 is 11.6 Å². The summed E-state index contributed by atoms with van der Waals surface area (Å²) < 4.78 is 5.50. The minimum atomic E-state index is 0.797. The van der Waals surface area contributed by atoms with E-state index in [1.807, 2.05) is 13.0 Å². The van der Waals surface area contributed by atoms with Crippen LogP contribution in [0.2, 0.25) is 0 Å². The number of hydrogen-bond donors (Lipinski definition) is 0. The third-order valence-corrected chi connectivity index (χ3v) is 3.06. The molecule has 0 aliphatic carbocycles. The Morgan fingerprint density at radius 3 is 3.11 bits per heavy atom. The number of benzene rings is 1. The van der Waals surface area contributed by atoms with Crippen LogP contribution in [0.3, 0.4) is 0 Å². The van der Waals surface area contributed by atoms with E-state index < -0.39 is 0 Å². The summed E-state index contributed by atoms with van der Waals surface area (Å²) in [4.78, 5) is 8.37. The van der Waals surface area contributed by atoms with Crippen molar-refractivity contribution < 1.29 is 4.74 Å². The van der Waals surface area contributed by atoms with E-state index in [0.717, 1.165) is 30.0 Å². The van der Waals surface area contributed by atoms with E-state index in [4.69, 9.17) is 4.74 Å². The van der Waals surface area contributed by atoms with Gasteiger partial charge in [-0.05, 0) is 41.8 Å². The molecule has 0 atom stereocenters. The zero-order chi connectivity index (χ0) is 12.4. The van der Waals surface area contributed by atoms with Crippen molar-refractivity contribution in [3.8, 4) is 5.75 Å². The third-order valence-electron chi connectivity index (χ3n) is 3.06. The lowest BCUT2D eigenvalue weighted by Crippen LogP contribution is -1.87. The first-order valence-electron chi connectivity index (χ1n) is 6.03. The molecule has 0 fully saturated rings. The number of fused-ring (bicyclic) bond motifs is 1. The summed E-state index contributed by atoms with van der Waals surface area (Å²) in [6, 6.07) is 6.30. The predicted octanol–water partition coefficient (Wildman–Crippen LogP) is 2.97. The maximum Gasteiger partial charge on any atom is 0.122 e. The lowest BCUT2D eigenvalue weighted by atomic mass is 10.1. The summed E-state index contributed by atoms with van der Waals surface area (Å²) in [6.07, 6.45) is 8.30. The van der Waals surface area contributed by atoms with Gasteiger partial charge in [-0.3, -0.25) is 9.97 Å². The molecule has 3 rings (SSSR count). The Balaban J connectivity index is 1.92. The van der Waals surface area contributed by atoms with Gasteiger partial charge in [0.2, 0.25) is 0 Å². The molecule has 0 saturated heterocycles. The molecule has 0 N–H and O–H groups in total. The van der Waals surface area contributed by atoms with Crippen LogP contribution in [0.15, 0.2) is 36.8 Å². The van der Waals surface area contributed by atoms with Crippen molar-refractivity contribution in [3.63, 3.8) is 0 Å². The molecule has 1 aromatic carbocycles. The molecule has 3 nitrogen and oxygen atoms in total. The fourth-order valence-corrected chi connectivity index (χ4v) is 2.12. The van der Waals surface area contributed by atoms with E-state index >= 15 is 0 Å². The fraction of sp³-hybridized carbons (Fsp3) is 0.200. The van der Waals surface area contributed by atoms with Gasteiger partial charge in [0.05, 0.1) is 18.5 Å². The number of aromatic nitrogens is 2. The molecule has 1 aromatic heterocycles. The predicted molar refractivity (Wildman–Crippen MR) is 71.2 cm³/mol. The molecule has 3 heteroatoms. The highest BCUT2D eigenvalue weighted by molar-refractivity contribution is 5.78. The van der Waals surface area contributed by atoms with Gasteiger partial charge in [-0.15, -0.1) is 0 Å². The standard InChI is InChI=1S/C15H14N2O/c1-11(14-10-16-5-6-17-14)8-12-2-3-15-13(9-12)4-7-18-15/h2-3,5-6,8-10H,4,7H2,1H3. The molecule has 2 heterocycles. The van der Waals surface area contributed by atoms with E-state index in [1.165, 1.54) is 11.1 Å². The SMILES string of the molecule is CC(=Cc1ccc2c(c1)CCO2)c1cnccn1. The van der Waals surface area contributed by atoms with E-state index in [-0.39, 0.29) is 0 Å². The first-order chi connectivity index (χ1) is 8.83. The van der Waals surface area contributed by atoms with E-state index in [2.05, 4.69) is 28.2 Å². The van der Waals surface area contributed by atoms with Gasteiger partial charge >= 0.3 is 0 Å². The van der Waals surface area contributed by atoms with Gasteiger partial charge in [-0.1, -0.05) is 6.07 Å². The van der Waals surface area contributed by atoms with E-state index in [0.29, 0.717) is 0 Å². The summed E-state index contributed by atoms with van der Waals surface area (Å²) >= 11 is 0. The van der Waals surface area contributed by atoms with Gasteiger partial charge in [0.1, 0.15) is 5.75 Å². The second-order valence-corrected chi connectivity index (χ2v) is 4.38. The molecular formula is C15H14N2O. The molecule has 90 valence electrons. The number of hydrogen-bond acceptors (Lipinski definition) is 3. The van der Waals surface area contributed by atoms with E-state index in [1.54, 1.807) is 18.6 Å². The maximum atomic E-state index is 5.50. The summed E-state index contributed by atoms with van der Waals surface area (Å²) in [6.45, 7) is 2.85. The third kappa shape index (κ3) is 2.12. The first-order valence-corrected chi connectivity index (χ1v) is 6.03. The molecular weight excluding hydrogens is 224 g/mol. The second kappa shape index (κ2) is 4.61. The van der Waals surface area contributed by atoms with Gasteiger partial charge in [0.25, 0.3) is 0 Å². The normalized spacial score (nSPS) is 14.2. The highest BCUT2D eigenvalue weighted by Crippen LogP contribution is 2.27. The highest BCUT2D eigenvalue weighted by Gasteiger charge is 2.11. The average molecular weight is 238 g/mol. The molecule has 18 heavy (non-hydrogen) atoms. The molecule has 0 bridgehead atoms. The zero-order valence-corrected chi connectivity index (χ0v) is 10.3. The summed E-state index contributed by atoms with van der Waals surface area (Å²) in [5.41, 5.74) is 4.49. The molecule has 1 aliphatic heterocycles. The topological polar surface area (TPSA) is 35.0 Å². The van der Waals surface area contributed by atoms with Crippen LogP contribution in [-0.2, 0) is 6.42 Å². The maximum absolute atomic E-state index is 5.50. The van der Waals surface area contributed by atoms with Crippen molar-refractivity contribution in [1.29, 1.82) is 0 Å². The molecule has 2 aromatic rings. The number of rotatable bonds is 2. The Morgan fingerprint density at radius 2 is 2.28 bits per heavy atom. The van der Waals surface area contributed by atoms with Gasteiger partial charge < -0.3 is 4.74 Å². The van der Waals surface area contributed by atoms with Gasteiger partial charge in [-0.25, -0.2) is 0 Å². The number of nitrogens with zero attached hydrogens (tertiary/aromatic N) is 2. The highest BCUT2D eigenvalue weighted by atomic mass is 16.5. The second-order valence-electron chi connectivity index (χ2n) is 4.38. The quantitative estimate of drug-likeness (QED) is 0.806. The largest absolute Gasteiger partial charge is 0.493 e. The fourth-order valence-electron chi connectivity index (χ4n) is 2.12. The van der Waals surface area contributed by atoms with Crippen LogP contribution in [0, 0.1) is 0 Å². The van der Waals surface area contributed by atoms with Crippen LogP contribution in [0.25, 0.3) is 11.6 Å². The Kier molecular flexibility index (Phi) is 2.81. The van der Waals surface area contributed by atoms with Crippen LogP contribution >= 0.6 is 0 Å². The van der Waals surface area contributed by atoms with E-state index in [9.17, 15) is 0 Å². The summed E-state index contributed by atoms with van der Waals surface area (Å²) in [7, 11) is 0. The van der Waals surface area contributed by atoms with Crippen molar-refractivity contribution in [2.24, 2.45) is 0 Å². The molecule has 0 unspecified atom stereocenters. The van der Waals surface area contributed by atoms with Crippen LogP contribution in [0.4, 0.5) is 0 Å². The minimum absolute atomic E-state index is 0.797. The van der Waals surface area contributed by atoms with Crippen molar-refractivity contribution in [3.05, 3.63) is 53.6 Å². The van der Waals surface area contributed by atoms with Gasteiger partial charge in [-0.2, -0.15) is 0 Å². The monoisotopic (exact) mass is 238 g/mol. The summed E-state index contributed by atoms with van der Waals surface area (Å²) in [5, 5.41) is 0. The smallest absolute Gasteiger partial charge is 0.122 e. The van der Waals surface area contributed by atoms with Crippen LogP contribution in [0.5, 0.6) is 5.75 Å². The lowest BCUT2D eigenvalue weighted by molar-refractivity contribution is 0.357. The molecule has 0 amide bonds. The zero-order valence-electron chi connectivity index (χ0n) is 10.3. The average Bonchev–Trinajstić information content (AvgIpc) is 2.87. The molecule has 1 aliphatic rings. The molecule has 0 saturated carbocycles. The summed E-state index contributed by atoms with van der Waals surface area (Å²) in [5.74, 6) is 1.02. The van der Waals surface area contributed by atoms with Gasteiger partial charge in [0.15, 0.2) is 0 Å². The molecule has 0 radical (unpaired) electrons. The Hall–Kier alpha value is -2.16.